The number of hydrogen-bond acceptors (Lipinski definition) is 4. The zero-order valence-electron chi connectivity index (χ0n) is 11.8. The summed E-state index contributed by atoms with van der Waals surface area (Å²) in [6.45, 7) is 1.45. The number of nitrogens with one attached hydrogen (secondary N) is 1. The first-order chi connectivity index (χ1) is 9.99. The summed E-state index contributed by atoms with van der Waals surface area (Å²) in [7, 11) is 0. The Bertz CT molecular complexity index is 612. The third-order valence-electron chi connectivity index (χ3n) is 3.25. The first-order valence-corrected chi connectivity index (χ1v) is 6.71. The number of aryl methyl sites for hydroxylation is 1. The van der Waals surface area contributed by atoms with Crippen LogP contribution in [-0.4, -0.2) is 26.7 Å². The monoisotopic (exact) mass is 286 g/mol. The van der Waals surface area contributed by atoms with Crippen LogP contribution in [0, 0.1) is 0 Å². The number of nitrogens with zero attached hydrogens (tertiary/aromatic N) is 1. The van der Waals surface area contributed by atoms with Crippen LogP contribution in [-0.2, 0) is 11.2 Å². The van der Waals surface area contributed by atoms with Crippen molar-refractivity contribution in [3.05, 3.63) is 54.2 Å². The van der Waals surface area contributed by atoms with Gasteiger partial charge in [0.1, 0.15) is 5.60 Å². The Morgan fingerprint density at radius 1 is 1.24 bits per heavy atom. The molecular weight excluding hydrogens is 268 g/mol. The lowest BCUT2D eigenvalue weighted by molar-refractivity contribution is -0.132. The van der Waals surface area contributed by atoms with E-state index in [-0.39, 0.29) is 18.0 Å². The number of carbonyl (C=O) groups excluding carboxylic acids is 1. The maximum absolute atomic E-state index is 12.1. The molecule has 0 unspecified atom stereocenters. The molecule has 0 bridgehead atoms. The molecule has 0 aliphatic rings. The summed E-state index contributed by atoms with van der Waals surface area (Å²) in [5.74, 6) is -0.681. The minimum Gasteiger partial charge on any atom is -0.504 e. The van der Waals surface area contributed by atoms with Gasteiger partial charge in [0.2, 0.25) is 0 Å². The third kappa shape index (κ3) is 4.03. The van der Waals surface area contributed by atoms with E-state index in [0.29, 0.717) is 6.42 Å². The number of aromatic hydroxyl groups is 1. The quantitative estimate of drug-likeness (QED) is 0.786. The molecule has 0 radical (unpaired) electrons. The van der Waals surface area contributed by atoms with E-state index in [2.05, 4.69) is 10.3 Å². The lowest BCUT2D eigenvalue weighted by Gasteiger charge is -2.22. The molecule has 3 N–H and O–H groups in total. The van der Waals surface area contributed by atoms with E-state index in [4.69, 9.17) is 0 Å². The Balaban J connectivity index is 1.98. The molecule has 0 fully saturated rings. The van der Waals surface area contributed by atoms with Crippen molar-refractivity contribution in [3.8, 4) is 5.75 Å². The van der Waals surface area contributed by atoms with Gasteiger partial charge < -0.3 is 15.5 Å². The minimum absolute atomic E-state index is 0.0440. The van der Waals surface area contributed by atoms with Crippen molar-refractivity contribution in [2.24, 2.45) is 0 Å². The van der Waals surface area contributed by atoms with Gasteiger partial charge in [-0.05, 0) is 37.5 Å². The predicted octanol–water partition coefficient (Wildman–Crippen LogP) is 2.11. The van der Waals surface area contributed by atoms with Gasteiger partial charge in [-0.1, -0.05) is 30.3 Å². The molecular formula is C16H18N2O3. The van der Waals surface area contributed by atoms with Gasteiger partial charge in [0, 0.05) is 6.20 Å². The van der Waals surface area contributed by atoms with E-state index in [0.717, 1.165) is 5.56 Å². The lowest BCUT2D eigenvalue weighted by atomic mass is 9.96. The van der Waals surface area contributed by atoms with Crippen molar-refractivity contribution >= 4 is 11.7 Å². The first kappa shape index (κ1) is 15.0. The maximum atomic E-state index is 12.1. The fraction of sp³-hybridized carbons (Fsp3) is 0.250. The van der Waals surface area contributed by atoms with Gasteiger partial charge in [0.05, 0.1) is 0 Å². The summed E-state index contributed by atoms with van der Waals surface area (Å²) >= 11 is 0. The van der Waals surface area contributed by atoms with E-state index in [1.165, 1.54) is 19.2 Å². The Morgan fingerprint density at radius 2 is 1.95 bits per heavy atom. The smallest absolute Gasteiger partial charge is 0.257 e. The molecule has 1 amide bonds. The topological polar surface area (TPSA) is 82.5 Å². The highest BCUT2D eigenvalue weighted by atomic mass is 16.3. The molecule has 0 aliphatic carbocycles. The van der Waals surface area contributed by atoms with Crippen molar-refractivity contribution in [1.29, 1.82) is 0 Å². The highest BCUT2D eigenvalue weighted by Gasteiger charge is 2.30. The summed E-state index contributed by atoms with van der Waals surface area (Å²) in [5.41, 5.74) is -0.494. The fourth-order valence-corrected chi connectivity index (χ4v) is 1.88. The number of anilines is 1. The zero-order valence-corrected chi connectivity index (χ0v) is 11.8. The second-order valence-electron chi connectivity index (χ2n) is 5.08. The second-order valence-corrected chi connectivity index (χ2v) is 5.08. The highest BCUT2D eigenvalue weighted by molar-refractivity contribution is 5.96. The predicted molar refractivity (Wildman–Crippen MR) is 79.9 cm³/mol. The van der Waals surface area contributed by atoms with Gasteiger partial charge in [0.15, 0.2) is 11.6 Å². The average molecular weight is 286 g/mol. The Labute approximate surface area is 123 Å². The van der Waals surface area contributed by atoms with Gasteiger partial charge in [0.25, 0.3) is 5.91 Å². The molecule has 0 spiro atoms. The van der Waals surface area contributed by atoms with Crippen LogP contribution in [0.2, 0.25) is 0 Å². The Kier molecular flexibility index (Phi) is 4.55. The normalized spacial score (nSPS) is 13.4. The summed E-state index contributed by atoms with van der Waals surface area (Å²) in [4.78, 5) is 16.0. The van der Waals surface area contributed by atoms with Crippen LogP contribution in [0.5, 0.6) is 5.75 Å². The zero-order chi connectivity index (χ0) is 15.3. The van der Waals surface area contributed by atoms with Crippen LogP contribution < -0.4 is 5.32 Å². The van der Waals surface area contributed by atoms with Crippen molar-refractivity contribution in [3.63, 3.8) is 0 Å². The van der Waals surface area contributed by atoms with Crippen LogP contribution in [0.4, 0.5) is 5.82 Å². The summed E-state index contributed by atoms with van der Waals surface area (Å²) in [6.07, 6.45) is 2.31. The Morgan fingerprint density at radius 3 is 2.62 bits per heavy atom. The van der Waals surface area contributed by atoms with Crippen LogP contribution in [0.25, 0.3) is 0 Å². The SMILES string of the molecule is C[C@](O)(CCc1ccccc1)C(=O)Nc1ncccc1O. The van der Waals surface area contributed by atoms with Gasteiger partial charge in [-0.3, -0.25) is 4.79 Å². The molecule has 0 saturated carbocycles. The molecule has 2 aromatic rings. The maximum Gasteiger partial charge on any atom is 0.257 e. The fourth-order valence-electron chi connectivity index (χ4n) is 1.88. The van der Waals surface area contributed by atoms with Gasteiger partial charge in [-0.15, -0.1) is 0 Å². The highest BCUT2D eigenvalue weighted by Crippen LogP contribution is 2.21. The molecule has 0 aliphatic heterocycles. The molecule has 5 heteroatoms. The molecule has 1 aromatic carbocycles. The van der Waals surface area contributed by atoms with Crippen molar-refractivity contribution < 1.29 is 15.0 Å². The average Bonchev–Trinajstić information content (AvgIpc) is 2.48. The second kappa shape index (κ2) is 6.37. The van der Waals surface area contributed by atoms with E-state index < -0.39 is 11.5 Å². The van der Waals surface area contributed by atoms with E-state index in [1.807, 2.05) is 30.3 Å². The lowest BCUT2D eigenvalue weighted by Crippen LogP contribution is -2.40. The first-order valence-electron chi connectivity index (χ1n) is 6.71. The number of carbonyl (C=O) groups is 1. The molecule has 1 heterocycles. The molecule has 21 heavy (non-hydrogen) atoms. The van der Waals surface area contributed by atoms with E-state index in [9.17, 15) is 15.0 Å². The number of aromatic nitrogens is 1. The molecule has 1 aromatic heterocycles. The number of pyridine rings is 1. The van der Waals surface area contributed by atoms with Crippen LogP contribution in [0.3, 0.4) is 0 Å². The van der Waals surface area contributed by atoms with Crippen molar-refractivity contribution in [2.45, 2.75) is 25.4 Å². The molecule has 1 atom stereocenters. The standard InChI is InChI=1S/C16H18N2O3/c1-16(21,10-9-12-6-3-2-4-7-12)15(20)18-14-13(19)8-5-11-17-14/h2-8,11,19,21H,9-10H2,1H3,(H,17,18,20)/t16-/m0/s1. The molecule has 2 rings (SSSR count). The third-order valence-corrected chi connectivity index (χ3v) is 3.25. The van der Waals surface area contributed by atoms with Gasteiger partial charge in [-0.2, -0.15) is 0 Å². The minimum atomic E-state index is -1.54. The molecule has 0 saturated heterocycles. The van der Waals surface area contributed by atoms with Crippen LogP contribution >= 0.6 is 0 Å². The van der Waals surface area contributed by atoms with E-state index in [1.54, 1.807) is 6.07 Å². The van der Waals surface area contributed by atoms with Gasteiger partial charge >= 0.3 is 0 Å². The number of hydrogen-bond donors (Lipinski definition) is 3. The molecule has 110 valence electrons. The number of benzene rings is 1. The number of aliphatic hydroxyl groups is 1. The van der Waals surface area contributed by atoms with Crippen LogP contribution in [0.15, 0.2) is 48.7 Å². The van der Waals surface area contributed by atoms with Crippen molar-refractivity contribution in [1.82, 2.24) is 4.98 Å². The molecule has 5 nitrogen and oxygen atoms in total. The summed E-state index contributed by atoms with van der Waals surface area (Å²) in [6, 6.07) is 12.6. The largest absolute Gasteiger partial charge is 0.504 e. The summed E-state index contributed by atoms with van der Waals surface area (Å²) in [5, 5.41) is 22.3. The van der Waals surface area contributed by atoms with E-state index >= 15 is 0 Å². The number of rotatable bonds is 5. The van der Waals surface area contributed by atoms with Gasteiger partial charge in [-0.25, -0.2) is 4.98 Å². The Hall–Kier alpha value is -2.40. The number of amides is 1. The van der Waals surface area contributed by atoms with Crippen LogP contribution in [0.1, 0.15) is 18.9 Å². The summed E-state index contributed by atoms with van der Waals surface area (Å²) < 4.78 is 0. The van der Waals surface area contributed by atoms with Crippen molar-refractivity contribution in [2.75, 3.05) is 5.32 Å².